The summed E-state index contributed by atoms with van der Waals surface area (Å²) >= 11 is 0. The number of aryl methyl sites for hydroxylation is 1. The van der Waals surface area contributed by atoms with E-state index < -0.39 is 0 Å². The van der Waals surface area contributed by atoms with Crippen molar-refractivity contribution in [3.05, 3.63) is 18.0 Å². The lowest BCUT2D eigenvalue weighted by molar-refractivity contribution is -0.146. The van der Waals surface area contributed by atoms with Gasteiger partial charge in [0.25, 0.3) is 0 Å². The predicted molar refractivity (Wildman–Crippen MR) is 54.4 cm³/mol. The van der Waals surface area contributed by atoms with E-state index in [2.05, 4.69) is 5.10 Å². The van der Waals surface area contributed by atoms with E-state index in [0.717, 1.165) is 5.56 Å². The summed E-state index contributed by atoms with van der Waals surface area (Å²) in [6.07, 6.45) is 3.76. The van der Waals surface area contributed by atoms with Gasteiger partial charge in [-0.3, -0.25) is 4.68 Å². The van der Waals surface area contributed by atoms with Gasteiger partial charge in [0.2, 0.25) is 0 Å². The van der Waals surface area contributed by atoms with Crippen LogP contribution in [0, 0.1) is 0 Å². The maximum absolute atomic E-state index is 5.90. The summed E-state index contributed by atoms with van der Waals surface area (Å²) in [7, 11) is 5.38. The van der Waals surface area contributed by atoms with Gasteiger partial charge in [-0.2, -0.15) is 10.2 Å². The van der Waals surface area contributed by atoms with E-state index in [1.807, 2.05) is 33.4 Å². The first-order valence-corrected chi connectivity index (χ1v) is 4.57. The SMILES string of the molecule is CON(C)C(c1cnn(C)c1)C(C)N. The Morgan fingerprint density at radius 1 is 1.64 bits per heavy atom. The molecule has 2 unspecified atom stereocenters. The Kier molecular flexibility index (Phi) is 3.62. The van der Waals surface area contributed by atoms with Gasteiger partial charge in [0.05, 0.1) is 19.3 Å². The van der Waals surface area contributed by atoms with Crippen LogP contribution in [0.1, 0.15) is 18.5 Å². The summed E-state index contributed by atoms with van der Waals surface area (Å²) in [5, 5.41) is 5.85. The van der Waals surface area contributed by atoms with Crippen molar-refractivity contribution in [1.82, 2.24) is 14.8 Å². The molecule has 0 saturated carbocycles. The van der Waals surface area contributed by atoms with Crippen molar-refractivity contribution in [2.24, 2.45) is 12.8 Å². The Hall–Kier alpha value is -0.910. The zero-order chi connectivity index (χ0) is 10.7. The number of nitrogens with zero attached hydrogens (tertiary/aromatic N) is 3. The van der Waals surface area contributed by atoms with E-state index in [4.69, 9.17) is 10.6 Å². The summed E-state index contributed by atoms with van der Waals surface area (Å²) < 4.78 is 1.76. The van der Waals surface area contributed by atoms with Crippen LogP contribution in [-0.4, -0.2) is 35.0 Å². The molecular formula is C9H18N4O. The second-order valence-electron chi connectivity index (χ2n) is 3.48. The molecule has 14 heavy (non-hydrogen) atoms. The van der Waals surface area contributed by atoms with Gasteiger partial charge in [0.15, 0.2) is 0 Å². The number of rotatable bonds is 4. The van der Waals surface area contributed by atoms with E-state index in [1.54, 1.807) is 16.9 Å². The van der Waals surface area contributed by atoms with Gasteiger partial charge < -0.3 is 10.6 Å². The highest BCUT2D eigenvalue weighted by molar-refractivity contribution is 5.11. The number of hydroxylamine groups is 2. The first kappa shape index (κ1) is 11.2. The zero-order valence-electron chi connectivity index (χ0n) is 9.14. The van der Waals surface area contributed by atoms with Crippen molar-refractivity contribution in [3.63, 3.8) is 0 Å². The van der Waals surface area contributed by atoms with E-state index in [1.165, 1.54) is 0 Å². The van der Waals surface area contributed by atoms with E-state index in [0.29, 0.717) is 0 Å². The fourth-order valence-corrected chi connectivity index (χ4v) is 1.55. The summed E-state index contributed by atoms with van der Waals surface area (Å²) in [6, 6.07) is 0.0258. The standard InChI is InChI=1S/C9H18N4O/c1-7(10)9(13(3)14-4)8-5-11-12(2)6-8/h5-7,9H,10H2,1-4H3. The van der Waals surface area contributed by atoms with Crippen LogP contribution >= 0.6 is 0 Å². The average Bonchev–Trinajstić information content (AvgIpc) is 2.51. The molecule has 0 aliphatic heterocycles. The van der Waals surface area contributed by atoms with Crippen molar-refractivity contribution in [2.45, 2.75) is 19.0 Å². The summed E-state index contributed by atoms with van der Waals surface area (Å²) in [5.74, 6) is 0. The fraction of sp³-hybridized carbons (Fsp3) is 0.667. The summed E-state index contributed by atoms with van der Waals surface area (Å²) in [6.45, 7) is 1.95. The van der Waals surface area contributed by atoms with Gasteiger partial charge in [-0.1, -0.05) is 0 Å². The first-order chi connectivity index (χ1) is 6.56. The average molecular weight is 198 g/mol. The topological polar surface area (TPSA) is 56.3 Å². The Balaban J connectivity index is 2.88. The number of aromatic nitrogens is 2. The Morgan fingerprint density at radius 2 is 2.29 bits per heavy atom. The monoisotopic (exact) mass is 198 g/mol. The molecule has 5 heteroatoms. The molecule has 0 radical (unpaired) electrons. The van der Waals surface area contributed by atoms with Crippen LogP contribution in [0.3, 0.4) is 0 Å². The molecule has 0 saturated heterocycles. The molecule has 0 bridgehead atoms. The third-order valence-electron chi connectivity index (χ3n) is 2.24. The van der Waals surface area contributed by atoms with Crippen LogP contribution in [-0.2, 0) is 11.9 Å². The number of nitrogens with two attached hydrogens (primary N) is 1. The molecule has 2 atom stereocenters. The molecule has 0 aliphatic rings. The lowest BCUT2D eigenvalue weighted by Gasteiger charge is -2.27. The molecular weight excluding hydrogens is 180 g/mol. The van der Waals surface area contributed by atoms with Crippen molar-refractivity contribution in [1.29, 1.82) is 0 Å². The molecule has 1 aromatic rings. The molecule has 2 N–H and O–H groups in total. The minimum atomic E-state index is -0.0100. The number of hydrogen-bond acceptors (Lipinski definition) is 4. The summed E-state index contributed by atoms with van der Waals surface area (Å²) in [4.78, 5) is 5.15. The van der Waals surface area contributed by atoms with Gasteiger partial charge >= 0.3 is 0 Å². The molecule has 1 rings (SSSR count). The van der Waals surface area contributed by atoms with Crippen LogP contribution in [0.4, 0.5) is 0 Å². The minimum Gasteiger partial charge on any atom is -0.326 e. The zero-order valence-corrected chi connectivity index (χ0v) is 9.14. The van der Waals surface area contributed by atoms with Crippen molar-refractivity contribution < 1.29 is 4.84 Å². The van der Waals surface area contributed by atoms with Crippen LogP contribution in [0.25, 0.3) is 0 Å². The Morgan fingerprint density at radius 3 is 2.64 bits per heavy atom. The third-order valence-corrected chi connectivity index (χ3v) is 2.24. The maximum atomic E-state index is 5.90. The third kappa shape index (κ3) is 2.31. The Labute approximate surface area is 84.4 Å². The molecule has 5 nitrogen and oxygen atoms in total. The van der Waals surface area contributed by atoms with Gasteiger partial charge in [0.1, 0.15) is 0 Å². The van der Waals surface area contributed by atoms with Gasteiger partial charge in [-0.05, 0) is 6.92 Å². The number of likely N-dealkylation sites (N-methyl/N-ethyl adjacent to an activating group) is 1. The van der Waals surface area contributed by atoms with Gasteiger partial charge in [0, 0.05) is 31.9 Å². The van der Waals surface area contributed by atoms with Crippen molar-refractivity contribution >= 4 is 0 Å². The van der Waals surface area contributed by atoms with Crippen molar-refractivity contribution in [2.75, 3.05) is 14.2 Å². The predicted octanol–water partition coefficient (Wildman–Crippen LogP) is 0.302. The smallest absolute Gasteiger partial charge is 0.0777 e. The minimum absolute atomic E-state index is 0.0100. The van der Waals surface area contributed by atoms with Gasteiger partial charge in [-0.15, -0.1) is 0 Å². The van der Waals surface area contributed by atoms with E-state index >= 15 is 0 Å². The molecule has 1 aromatic heterocycles. The lowest BCUT2D eigenvalue weighted by atomic mass is 10.1. The van der Waals surface area contributed by atoms with E-state index in [9.17, 15) is 0 Å². The lowest BCUT2D eigenvalue weighted by Crippen LogP contribution is -2.36. The molecule has 0 aliphatic carbocycles. The van der Waals surface area contributed by atoms with Crippen LogP contribution in [0.15, 0.2) is 12.4 Å². The molecule has 0 spiro atoms. The van der Waals surface area contributed by atoms with Gasteiger partial charge in [-0.25, -0.2) is 0 Å². The quantitative estimate of drug-likeness (QED) is 0.707. The Bertz CT molecular complexity index is 284. The molecule has 0 fully saturated rings. The second-order valence-corrected chi connectivity index (χ2v) is 3.48. The fourth-order valence-electron chi connectivity index (χ4n) is 1.55. The highest BCUT2D eigenvalue weighted by Crippen LogP contribution is 2.21. The first-order valence-electron chi connectivity index (χ1n) is 4.57. The van der Waals surface area contributed by atoms with Crippen LogP contribution < -0.4 is 5.73 Å². The molecule has 0 amide bonds. The van der Waals surface area contributed by atoms with E-state index in [-0.39, 0.29) is 12.1 Å². The molecule has 1 heterocycles. The second kappa shape index (κ2) is 4.54. The van der Waals surface area contributed by atoms with Crippen LogP contribution in [0.5, 0.6) is 0 Å². The highest BCUT2D eigenvalue weighted by Gasteiger charge is 2.22. The number of hydrogen-bond donors (Lipinski definition) is 1. The summed E-state index contributed by atoms with van der Waals surface area (Å²) in [5.41, 5.74) is 6.96. The molecule has 80 valence electrons. The normalized spacial score (nSPS) is 15.9. The maximum Gasteiger partial charge on any atom is 0.0777 e. The van der Waals surface area contributed by atoms with Crippen molar-refractivity contribution in [3.8, 4) is 0 Å². The highest BCUT2D eigenvalue weighted by atomic mass is 16.7. The molecule has 0 aromatic carbocycles. The van der Waals surface area contributed by atoms with Crippen LogP contribution in [0.2, 0.25) is 0 Å². The largest absolute Gasteiger partial charge is 0.326 e.